The fourth-order valence-electron chi connectivity index (χ4n) is 2.54. The zero-order valence-corrected chi connectivity index (χ0v) is 15.2. The number of rotatable bonds is 5. The maximum absolute atomic E-state index is 11.2. The Labute approximate surface area is 155 Å². The molecule has 0 atom stereocenters. The summed E-state index contributed by atoms with van der Waals surface area (Å²) in [5.74, 6) is 0.575. The molecule has 0 unspecified atom stereocenters. The number of hydrogen-bond acceptors (Lipinski definition) is 5. The molecule has 2 aromatic carbocycles. The van der Waals surface area contributed by atoms with Crippen LogP contribution < -0.4 is 0 Å². The average molecular weight is 367 g/mol. The number of nitrogens with zero attached hydrogens (tertiary/aromatic N) is 4. The van der Waals surface area contributed by atoms with Crippen molar-refractivity contribution in [2.45, 2.75) is 20.3 Å². The third kappa shape index (κ3) is 3.60. The zero-order valence-electron chi connectivity index (χ0n) is 14.3. The van der Waals surface area contributed by atoms with Gasteiger partial charge in [0, 0.05) is 22.8 Å². The molecule has 3 aromatic rings. The minimum Gasteiger partial charge on any atom is -0.258 e. The first-order valence-electron chi connectivity index (χ1n) is 8.05. The normalized spacial score (nSPS) is 11.2. The molecule has 0 aliphatic heterocycles. The molecule has 0 saturated carbocycles. The van der Waals surface area contributed by atoms with Crippen LogP contribution in [0.4, 0.5) is 5.69 Å². The third-order valence-electron chi connectivity index (χ3n) is 3.97. The minimum atomic E-state index is -0.378. The van der Waals surface area contributed by atoms with E-state index in [4.69, 9.17) is 12.2 Å². The molecule has 132 valence electrons. The number of aromatic amines is 1. The lowest BCUT2D eigenvalue weighted by molar-refractivity contribution is -0.385. The minimum absolute atomic E-state index is 0.0889. The Morgan fingerprint density at radius 2 is 2.04 bits per heavy atom. The van der Waals surface area contributed by atoms with E-state index in [9.17, 15) is 10.1 Å². The molecule has 0 saturated heterocycles. The van der Waals surface area contributed by atoms with Crippen LogP contribution in [0.1, 0.15) is 23.6 Å². The van der Waals surface area contributed by atoms with E-state index >= 15 is 0 Å². The van der Waals surface area contributed by atoms with Crippen LogP contribution in [0.3, 0.4) is 0 Å². The van der Waals surface area contributed by atoms with Crippen LogP contribution in [0.5, 0.6) is 0 Å². The molecule has 1 N–H and O–H groups in total. The van der Waals surface area contributed by atoms with Crippen molar-refractivity contribution in [3.05, 3.63) is 74.0 Å². The van der Waals surface area contributed by atoms with Crippen LogP contribution in [0, 0.1) is 21.8 Å². The predicted octanol–water partition coefficient (Wildman–Crippen LogP) is 4.27. The van der Waals surface area contributed by atoms with Crippen molar-refractivity contribution in [2.75, 3.05) is 0 Å². The first-order chi connectivity index (χ1) is 12.5. The van der Waals surface area contributed by atoms with Crippen molar-refractivity contribution in [1.82, 2.24) is 14.9 Å². The van der Waals surface area contributed by atoms with Crippen LogP contribution in [0.25, 0.3) is 11.4 Å². The highest BCUT2D eigenvalue weighted by molar-refractivity contribution is 7.71. The van der Waals surface area contributed by atoms with Gasteiger partial charge in [-0.15, -0.1) is 0 Å². The molecular weight excluding hydrogens is 350 g/mol. The smallest absolute Gasteiger partial charge is 0.258 e. The maximum atomic E-state index is 11.2. The van der Waals surface area contributed by atoms with Crippen molar-refractivity contribution in [2.24, 2.45) is 5.10 Å². The summed E-state index contributed by atoms with van der Waals surface area (Å²) in [4.78, 5) is 10.8. The van der Waals surface area contributed by atoms with Crippen molar-refractivity contribution >= 4 is 24.1 Å². The van der Waals surface area contributed by atoms with Gasteiger partial charge in [-0.2, -0.15) is 14.9 Å². The van der Waals surface area contributed by atoms with Crippen molar-refractivity contribution in [1.29, 1.82) is 0 Å². The summed E-state index contributed by atoms with van der Waals surface area (Å²) in [6.45, 7) is 3.89. The van der Waals surface area contributed by atoms with E-state index in [2.05, 4.69) is 15.3 Å². The molecule has 1 aromatic heterocycles. The van der Waals surface area contributed by atoms with E-state index in [1.165, 1.54) is 17.0 Å². The second-order valence-electron chi connectivity index (χ2n) is 5.77. The zero-order chi connectivity index (χ0) is 18.7. The molecule has 0 radical (unpaired) electrons. The molecule has 0 aliphatic rings. The molecule has 0 amide bonds. The number of nitro groups is 1. The molecule has 1 heterocycles. The second-order valence-corrected chi connectivity index (χ2v) is 6.16. The van der Waals surface area contributed by atoms with E-state index in [1.807, 2.05) is 38.1 Å². The largest absolute Gasteiger partial charge is 0.273 e. The Balaban J connectivity index is 1.98. The van der Waals surface area contributed by atoms with Gasteiger partial charge in [0.05, 0.1) is 11.1 Å². The van der Waals surface area contributed by atoms with E-state index < -0.39 is 0 Å². The number of nitrogens with one attached hydrogen (secondary N) is 1. The monoisotopic (exact) mass is 367 g/mol. The summed E-state index contributed by atoms with van der Waals surface area (Å²) in [6.07, 6.45) is 2.13. The molecule has 8 heteroatoms. The van der Waals surface area contributed by atoms with Gasteiger partial charge in [0.25, 0.3) is 5.69 Å². The van der Waals surface area contributed by atoms with Crippen molar-refractivity contribution in [3.8, 4) is 11.4 Å². The molecule has 0 fully saturated rings. The number of hydrogen-bond donors (Lipinski definition) is 1. The number of aromatic nitrogens is 3. The first-order valence-corrected chi connectivity index (χ1v) is 8.46. The van der Waals surface area contributed by atoms with Gasteiger partial charge in [-0.25, -0.2) is 5.10 Å². The summed E-state index contributed by atoms with van der Waals surface area (Å²) >= 11 is 5.24. The predicted molar refractivity (Wildman–Crippen MR) is 103 cm³/mol. The lowest BCUT2D eigenvalue weighted by atomic mass is 10.1. The van der Waals surface area contributed by atoms with Crippen LogP contribution in [-0.2, 0) is 6.42 Å². The fraction of sp³-hybridized carbons (Fsp3) is 0.167. The molecular formula is C18H17N5O2S. The van der Waals surface area contributed by atoms with Gasteiger partial charge < -0.3 is 0 Å². The van der Waals surface area contributed by atoms with Crippen LogP contribution in [-0.4, -0.2) is 26.0 Å². The van der Waals surface area contributed by atoms with Crippen molar-refractivity contribution < 1.29 is 4.92 Å². The van der Waals surface area contributed by atoms with E-state index in [-0.39, 0.29) is 10.6 Å². The number of aryl methyl sites for hydroxylation is 2. The summed E-state index contributed by atoms with van der Waals surface area (Å²) < 4.78 is 1.84. The lowest BCUT2D eigenvalue weighted by Gasteiger charge is -2.03. The van der Waals surface area contributed by atoms with E-state index in [0.717, 1.165) is 11.1 Å². The van der Waals surface area contributed by atoms with Gasteiger partial charge in [-0.05, 0) is 25.6 Å². The second kappa shape index (κ2) is 7.40. The highest BCUT2D eigenvalue weighted by Crippen LogP contribution is 2.21. The van der Waals surface area contributed by atoms with Gasteiger partial charge in [0.2, 0.25) is 4.77 Å². The summed E-state index contributed by atoms with van der Waals surface area (Å²) in [6, 6.07) is 12.9. The Morgan fingerprint density at radius 3 is 2.69 bits per heavy atom. The van der Waals surface area contributed by atoms with E-state index in [1.54, 1.807) is 12.1 Å². The van der Waals surface area contributed by atoms with Gasteiger partial charge in [-0.1, -0.05) is 48.9 Å². The molecule has 0 aliphatic carbocycles. The number of benzene rings is 2. The lowest BCUT2D eigenvalue weighted by Crippen LogP contribution is -1.98. The molecule has 3 rings (SSSR count). The number of nitro benzene ring substituents is 1. The van der Waals surface area contributed by atoms with Gasteiger partial charge in [0.1, 0.15) is 0 Å². The van der Waals surface area contributed by atoms with Crippen molar-refractivity contribution in [3.63, 3.8) is 0 Å². The van der Waals surface area contributed by atoms with Gasteiger partial charge in [-0.3, -0.25) is 10.1 Å². The van der Waals surface area contributed by atoms with Gasteiger partial charge >= 0.3 is 0 Å². The quantitative estimate of drug-likeness (QED) is 0.316. The topological polar surface area (TPSA) is 89.1 Å². The Hall–Kier alpha value is -3.13. The molecule has 26 heavy (non-hydrogen) atoms. The maximum Gasteiger partial charge on any atom is 0.273 e. The highest BCUT2D eigenvalue weighted by atomic mass is 32.1. The first kappa shape index (κ1) is 17.7. The summed E-state index contributed by atoms with van der Waals surface area (Å²) in [7, 11) is 0. The Bertz CT molecular complexity index is 1030. The highest BCUT2D eigenvalue weighted by Gasteiger charge is 2.13. The molecule has 0 bridgehead atoms. The standard InChI is InChI=1S/C18H17N5O2S/c1-3-14-9-6-13(10-16(14)23(24)25)11-19-22-17(20-21-18(22)26)15-7-4-12(2)5-8-15/h4-11H,3H2,1-2H3,(H,21,26)/b19-11-. The third-order valence-corrected chi connectivity index (χ3v) is 4.23. The Kier molecular flexibility index (Phi) is 5.04. The molecule has 7 nitrogen and oxygen atoms in total. The van der Waals surface area contributed by atoms with Crippen LogP contribution in [0.2, 0.25) is 0 Å². The number of H-pyrrole nitrogens is 1. The molecule has 0 spiro atoms. The SMILES string of the molecule is CCc1ccc(/C=N\n2c(-c3ccc(C)cc3)n[nH]c2=S)cc1[N+](=O)[O-]. The van der Waals surface area contributed by atoms with E-state index in [0.29, 0.717) is 28.1 Å². The average Bonchev–Trinajstić information content (AvgIpc) is 3.01. The Morgan fingerprint density at radius 1 is 1.31 bits per heavy atom. The van der Waals surface area contributed by atoms with Crippen LogP contribution >= 0.6 is 12.2 Å². The summed E-state index contributed by atoms with van der Waals surface area (Å²) in [5.41, 5.74) is 3.40. The fourth-order valence-corrected chi connectivity index (χ4v) is 2.72. The van der Waals surface area contributed by atoms with Crippen LogP contribution in [0.15, 0.2) is 47.6 Å². The summed E-state index contributed by atoms with van der Waals surface area (Å²) in [5, 5.41) is 22.5. The van der Waals surface area contributed by atoms with Gasteiger partial charge in [0.15, 0.2) is 5.82 Å².